The third-order valence-corrected chi connectivity index (χ3v) is 5.06. The molecule has 1 fully saturated rings. The maximum Gasteiger partial charge on any atom is 0.253 e. The number of imidazole rings is 2. The van der Waals surface area contributed by atoms with Crippen LogP contribution in [0.15, 0.2) is 61.7 Å². The topological polar surface area (TPSA) is 56.0 Å². The molecule has 134 valence electrons. The van der Waals surface area contributed by atoms with Gasteiger partial charge in [0.15, 0.2) is 0 Å². The summed E-state index contributed by atoms with van der Waals surface area (Å²) in [6.45, 7) is 3.42. The highest BCUT2D eigenvalue weighted by Crippen LogP contribution is 2.21. The molecular formula is C20H23N5O. The number of aromatic nitrogens is 4. The van der Waals surface area contributed by atoms with E-state index in [9.17, 15) is 4.79 Å². The second-order valence-corrected chi connectivity index (χ2v) is 6.93. The van der Waals surface area contributed by atoms with Gasteiger partial charge in [0.05, 0.1) is 12.7 Å². The monoisotopic (exact) mass is 349 g/mol. The number of likely N-dealkylation sites (tertiary alicyclic amines) is 1. The summed E-state index contributed by atoms with van der Waals surface area (Å²) >= 11 is 0. The van der Waals surface area contributed by atoms with Crippen LogP contribution in [0.4, 0.5) is 0 Å². The smallest absolute Gasteiger partial charge is 0.253 e. The summed E-state index contributed by atoms with van der Waals surface area (Å²) in [6, 6.07) is 7.93. The number of hydrogen-bond donors (Lipinski definition) is 0. The second-order valence-electron chi connectivity index (χ2n) is 6.93. The lowest BCUT2D eigenvalue weighted by Crippen LogP contribution is -2.39. The third kappa shape index (κ3) is 3.85. The molecule has 3 aromatic rings. The fourth-order valence-electron chi connectivity index (χ4n) is 3.54. The zero-order valence-electron chi connectivity index (χ0n) is 14.7. The Labute approximate surface area is 153 Å². The number of benzene rings is 1. The van der Waals surface area contributed by atoms with E-state index in [0.717, 1.165) is 44.6 Å². The fraction of sp³-hybridized carbons (Fsp3) is 0.350. The molecule has 1 aromatic carbocycles. The molecule has 0 aliphatic carbocycles. The second kappa shape index (κ2) is 7.56. The van der Waals surface area contributed by atoms with Crippen molar-refractivity contribution in [1.29, 1.82) is 0 Å². The van der Waals surface area contributed by atoms with Crippen molar-refractivity contribution < 1.29 is 4.79 Å². The van der Waals surface area contributed by atoms with Gasteiger partial charge in [-0.1, -0.05) is 12.1 Å². The summed E-state index contributed by atoms with van der Waals surface area (Å²) in [7, 11) is 0. The molecule has 1 aliphatic rings. The standard InChI is InChI=1S/C20H23N5O/c26-20(19-3-1-17(2-4-19)13-23-11-7-21-15-23)25-9-5-18(6-10-25)14-24-12-8-22-16-24/h1-4,7-8,11-12,15-16,18H,5-6,9-10,13-14H2. The van der Waals surface area contributed by atoms with Crippen LogP contribution in [-0.4, -0.2) is 43.0 Å². The van der Waals surface area contributed by atoms with E-state index in [1.807, 2.05) is 58.7 Å². The molecule has 1 aliphatic heterocycles. The zero-order chi connectivity index (χ0) is 17.8. The SMILES string of the molecule is O=C(c1ccc(Cn2ccnc2)cc1)N1CCC(Cn2ccnc2)CC1. The number of hydrogen-bond acceptors (Lipinski definition) is 3. The zero-order valence-corrected chi connectivity index (χ0v) is 14.7. The summed E-state index contributed by atoms with van der Waals surface area (Å²) in [5.74, 6) is 0.756. The maximum absolute atomic E-state index is 12.7. The quantitative estimate of drug-likeness (QED) is 0.712. The van der Waals surface area contributed by atoms with Crippen molar-refractivity contribution in [2.45, 2.75) is 25.9 Å². The molecule has 0 spiro atoms. The largest absolute Gasteiger partial charge is 0.339 e. The van der Waals surface area contributed by atoms with E-state index in [4.69, 9.17) is 0 Å². The van der Waals surface area contributed by atoms with Crippen molar-refractivity contribution in [3.8, 4) is 0 Å². The molecule has 1 amide bonds. The van der Waals surface area contributed by atoms with Crippen LogP contribution in [0.2, 0.25) is 0 Å². The number of carbonyl (C=O) groups is 1. The first kappa shape index (κ1) is 16.6. The highest BCUT2D eigenvalue weighted by atomic mass is 16.2. The lowest BCUT2D eigenvalue weighted by molar-refractivity contribution is 0.0683. The summed E-state index contributed by atoms with van der Waals surface area (Å²) in [5.41, 5.74) is 1.94. The van der Waals surface area contributed by atoms with Crippen molar-refractivity contribution >= 4 is 5.91 Å². The molecule has 3 heterocycles. The number of piperidine rings is 1. The van der Waals surface area contributed by atoms with Gasteiger partial charge in [-0.3, -0.25) is 4.79 Å². The van der Waals surface area contributed by atoms with Crippen LogP contribution in [0.5, 0.6) is 0 Å². The first-order chi connectivity index (χ1) is 12.8. The predicted octanol–water partition coefficient (Wildman–Crippen LogP) is 2.68. The van der Waals surface area contributed by atoms with Crippen molar-refractivity contribution in [2.75, 3.05) is 13.1 Å². The lowest BCUT2D eigenvalue weighted by atomic mass is 9.96. The highest BCUT2D eigenvalue weighted by Gasteiger charge is 2.23. The average Bonchev–Trinajstić information content (AvgIpc) is 3.37. The molecule has 1 saturated heterocycles. The highest BCUT2D eigenvalue weighted by molar-refractivity contribution is 5.94. The minimum absolute atomic E-state index is 0.139. The van der Waals surface area contributed by atoms with E-state index in [2.05, 4.69) is 14.5 Å². The fourth-order valence-corrected chi connectivity index (χ4v) is 3.54. The van der Waals surface area contributed by atoms with Gasteiger partial charge >= 0.3 is 0 Å². The van der Waals surface area contributed by atoms with Crippen molar-refractivity contribution in [2.24, 2.45) is 5.92 Å². The van der Waals surface area contributed by atoms with E-state index in [1.165, 1.54) is 5.56 Å². The first-order valence-electron chi connectivity index (χ1n) is 9.07. The van der Waals surface area contributed by atoms with Crippen molar-refractivity contribution in [1.82, 2.24) is 24.0 Å². The molecule has 26 heavy (non-hydrogen) atoms. The normalized spacial score (nSPS) is 15.3. The van der Waals surface area contributed by atoms with Crippen molar-refractivity contribution in [3.63, 3.8) is 0 Å². The number of rotatable bonds is 5. The third-order valence-electron chi connectivity index (χ3n) is 5.06. The van der Waals surface area contributed by atoms with E-state index in [0.29, 0.717) is 5.92 Å². The Morgan fingerprint density at radius 3 is 2.23 bits per heavy atom. The van der Waals surface area contributed by atoms with Crippen LogP contribution in [0, 0.1) is 5.92 Å². The van der Waals surface area contributed by atoms with Crippen LogP contribution in [0.1, 0.15) is 28.8 Å². The van der Waals surface area contributed by atoms with Gasteiger partial charge < -0.3 is 14.0 Å². The Hall–Kier alpha value is -2.89. The molecule has 2 aromatic heterocycles. The summed E-state index contributed by atoms with van der Waals surface area (Å²) < 4.78 is 4.14. The Balaban J connectivity index is 1.31. The van der Waals surface area contributed by atoms with E-state index in [-0.39, 0.29) is 5.91 Å². The molecule has 0 N–H and O–H groups in total. The van der Waals surface area contributed by atoms with Gasteiger partial charge in [-0.05, 0) is 36.5 Å². The Kier molecular flexibility index (Phi) is 4.82. The van der Waals surface area contributed by atoms with Crippen LogP contribution in [0.25, 0.3) is 0 Å². The molecule has 4 rings (SSSR count). The molecule has 0 saturated carbocycles. The summed E-state index contributed by atoms with van der Waals surface area (Å²) in [4.78, 5) is 22.9. The number of carbonyl (C=O) groups excluding carboxylic acids is 1. The molecular weight excluding hydrogens is 326 g/mol. The van der Waals surface area contributed by atoms with Crippen molar-refractivity contribution in [3.05, 3.63) is 72.8 Å². The van der Waals surface area contributed by atoms with E-state index in [1.54, 1.807) is 12.5 Å². The van der Waals surface area contributed by atoms with Crippen LogP contribution in [0.3, 0.4) is 0 Å². The Morgan fingerprint density at radius 2 is 1.62 bits per heavy atom. The van der Waals surface area contributed by atoms with Gasteiger partial charge in [0.2, 0.25) is 0 Å². The molecule has 0 atom stereocenters. The van der Waals surface area contributed by atoms with Gasteiger partial charge in [0.25, 0.3) is 5.91 Å². The minimum atomic E-state index is 0.139. The summed E-state index contributed by atoms with van der Waals surface area (Å²) in [6.07, 6.45) is 13.3. The summed E-state index contributed by atoms with van der Waals surface area (Å²) in [5, 5.41) is 0. The van der Waals surface area contributed by atoms with Gasteiger partial charge in [-0.15, -0.1) is 0 Å². The van der Waals surface area contributed by atoms with Gasteiger partial charge in [0, 0.05) is 56.5 Å². The lowest BCUT2D eigenvalue weighted by Gasteiger charge is -2.32. The predicted molar refractivity (Wildman–Crippen MR) is 98.6 cm³/mol. The van der Waals surface area contributed by atoms with E-state index < -0.39 is 0 Å². The molecule has 6 heteroatoms. The molecule has 0 unspecified atom stereocenters. The van der Waals surface area contributed by atoms with Gasteiger partial charge in [-0.2, -0.15) is 0 Å². The number of nitrogens with zero attached hydrogens (tertiary/aromatic N) is 5. The molecule has 6 nitrogen and oxygen atoms in total. The molecule has 0 bridgehead atoms. The average molecular weight is 349 g/mol. The first-order valence-corrected chi connectivity index (χ1v) is 9.07. The maximum atomic E-state index is 12.7. The molecule has 0 radical (unpaired) electrons. The van der Waals surface area contributed by atoms with Crippen LogP contribution < -0.4 is 0 Å². The Morgan fingerprint density at radius 1 is 0.962 bits per heavy atom. The van der Waals surface area contributed by atoms with E-state index >= 15 is 0 Å². The Bertz CT molecular complexity index is 816. The minimum Gasteiger partial charge on any atom is -0.339 e. The van der Waals surface area contributed by atoms with Crippen LogP contribution >= 0.6 is 0 Å². The number of amides is 1. The van der Waals surface area contributed by atoms with Crippen LogP contribution in [-0.2, 0) is 13.1 Å². The van der Waals surface area contributed by atoms with Gasteiger partial charge in [0.1, 0.15) is 0 Å². The van der Waals surface area contributed by atoms with Gasteiger partial charge in [-0.25, -0.2) is 9.97 Å².